The molecular formula is C23H27FN4O5S. The molecule has 1 aromatic heterocycles. The molecule has 2 unspecified atom stereocenters. The zero-order chi connectivity index (χ0) is 24.3. The third kappa shape index (κ3) is 5.53. The maximum atomic E-state index is 13.1. The van der Waals surface area contributed by atoms with Crippen LogP contribution in [0, 0.1) is 11.7 Å². The number of likely N-dealkylation sites (tertiary alicyclic amines) is 1. The Morgan fingerprint density at radius 1 is 1.26 bits per heavy atom. The normalized spacial score (nSPS) is 18.6. The van der Waals surface area contributed by atoms with Crippen LogP contribution < -0.4 is 10.0 Å². The Hall–Kier alpha value is -3.05. The van der Waals surface area contributed by atoms with Crippen LogP contribution in [-0.4, -0.2) is 61.0 Å². The lowest BCUT2D eigenvalue weighted by Gasteiger charge is -2.40. The zero-order valence-corrected chi connectivity index (χ0v) is 19.4. The van der Waals surface area contributed by atoms with Crippen LogP contribution in [0.1, 0.15) is 30.5 Å². The number of aliphatic carboxylic acids is 1. The lowest BCUT2D eigenvalue weighted by molar-refractivity contribution is -0.150. The van der Waals surface area contributed by atoms with E-state index < -0.39 is 27.9 Å². The summed E-state index contributed by atoms with van der Waals surface area (Å²) >= 11 is 0. The van der Waals surface area contributed by atoms with Gasteiger partial charge in [-0.3, -0.25) is 9.59 Å². The number of β-lactam (4-membered cyclic amide) rings is 1. The predicted molar refractivity (Wildman–Crippen MR) is 122 cm³/mol. The van der Waals surface area contributed by atoms with Gasteiger partial charge in [-0.05, 0) is 68.0 Å². The number of pyridine rings is 1. The number of carbonyl (C=O) groups is 2. The second kappa shape index (κ2) is 10.1. The molecule has 0 bridgehead atoms. The number of anilines is 1. The quantitative estimate of drug-likeness (QED) is 0.433. The maximum absolute atomic E-state index is 13.1. The second-order valence-corrected chi connectivity index (χ2v) is 10.4. The molecule has 1 fully saturated rings. The number of rotatable bonds is 10. The Morgan fingerprint density at radius 2 is 2.03 bits per heavy atom. The first-order chi connectivity index (χ1) is 16.2. The van der Waals surface area contributed by atoms with E-state index >= 15 is 0 Å². The molecule has 0 spiro atoms. The third-order valence-electron chi connectivity index (χ3n) is 6.16. The van der Waals surface area contributed by atoms with Gasteiger partial charge in [-0.1, -0.05) is 6.07 Å². The van der Waals surface area contributed by atoms with Crippen molar-refractivity contribution in [2.45, 2.75) is 43.0 Å². The van der Waals surface area contributed by atoms with Gasteiger partial charge in [-0.2, -0.15) is 4.72 Å². The molecule has 2 aliphatic heterocycles. The van der Waals surface area contributed by atoms with Crippen LogP contribution in [0.25, 0.3) is 0 Å². The standard InChI is InChI=1S/C23H27FN4O5S/c24-17-7-10-19(11-8-17)34(32,33)27-20(23(30)31)14-28-13-16(22(28)29)3-1-5-18-9-6-15-4-2-12-25-21(15)26-18/h6-11,16,20,27H,1-5,12-14H2,(H,25,26)(H,30,31). The van der Waals surface area contributed by atoms with Gasteiger partial charge in [0.2, 0.25) is 15.9 Å². The number of fused-ring (bicyclic) bond motifs is 1. The lowest BCUT2D eigenvalue weighted by Crippen LogP contribution is -2.58. The van der Waals surface area contributed by atoms with Crippen LogP contribution in [-0.2, 0) is 32.5 Å². The number of benzene rings is 1. The summed E-state index contributed by atoms with van der Waals surface area (Å²) in [5.41, 5.74) is 2.20. The molecule has 3 heterocycles. The number of hydrogen-bond acceptors (Lipinski definition) is 6. The van der Waals surface area contributed by atoms with Gasteiger partial charge in [-0.15, -0.1) is 0 Å². The first kappa shape index (κ1) is 24.1. The highest BCUT2D eigenvalue weighted by atomic mass is 32.2. The van der Waals surface area contributed by atoms with Crippen LogP contribution in [0.4, 0.5) is 10.2 Å². The highest BCUT2D eigenvalue weighted by molar-refractivity contribution is 7.89. The van der Waals surface area contributed by atoms with Crippen molar-refractivity contribution in [3.8, 4) is 0 Å². The van der Waals surface area contributed by atoms with E-state index in [4.69, 9.17) is 0 Å². The number of carboxylic acid groups (broad SMARTS) is 1. The van der Waals surface area contributed by atoms with Crippen LogP contribution >= 0.6 is 0 Å². The average Bonchev–Trinajstić information content (AvgIpc) is 2.82. The fourth-order valence-electron chi connectivity index (χ4n) is 4.25. The monoisotopic (exact) mass is 490 g/mol. The Labute approximate surface area is 197 Å². The topological polar surface area (TPSA) is 129 Å². The van der Waals surface area contributed by atoms with E-state index in [2.05, 4.69) is 21.1 Å². The van der Waals surface area contributed by atoms with Gasteiger partial charge in [0.25, 0.3) is 0 Å². The minimum absolute atomic E-state index is 0.188. The molecule has 3 N–H and O–H groups in total. The van der Waals surface area contributed by atoms with Crippen molar-refractivity contribution in [2.24, 2.45) is 5.92 Å². The maximum Gasteiger partial charge on any atom is 0.323 e. The minimum Gasteiger partial charge on any atom is -0.480 e. The molecule has 2 aliphatic rings. The number of nitrogens with one attached hydrogen (secondary N) is 2. The van der Waals surface area contributed by atoms with Crippen molar-refractivity contribution in [1.82, 2.24) is 14.6 Å². The van der Waals surface area contributed by atoms with Gasteiger partial charge in [0, 0.05) is 25.3 Å². The van der Waals surface area contributed by atoms with Crippen LogP contribution in [0.3, 0.4) is 0 Å². The van der Waals surface area contributed by atoms with E-state index in [1.54, 1.807) is 0 Å². The summed E-state index contributed by atoms with van der Waals surface area (Å²) in [5, 5.41) is 12.8. The van der Waals surface area contributed by atoms with Crippen molar-refractivity contribution in [3.63, 3.8) is 0 Å². The molecule has 2 atom stereocenters. The van der Waals surface area contributed by atoms with Crippen molar-refractivity contribution in [2.75, 3.05) is 25.0 Å². The average molecular weight is 491 g/mol. The molecule has 1 saturated heterocycles. The molecule has 9 nitrogen and oxygen atoms in total. The molecule has 11 heteroatoms. The van der Waals surface area contributed by atoms with Gasteiger partial charge in [0.05, 0.1) is 10.8 Å². The van der Waals surface area contributed by atoms with Crippen molar-refractivity contribution in [1.29, 1.82) is 0 Å². The molecule has 1 amide bonds. The fraction of sp³-hybridized carbons (Fsp3) is 0.435. The first-order valence-corrected chi connectivity index (χ1v) is 12.7. The summed E-state index contributed by atoms with van der Waals surface area (Å²) in [6, 6.07) is 6.66. The Bertz CT molecular complexity index is 1170. The van der Waals surface area contributed by atoms with E-state index in [0.29, 0.717) is 13.0 Å². The molecule has 4 rings (SSSR count). The third-order valence-corrected chi connectivity index (χ3v) is 7.65. The van der Waals surface area contributed by atoms with Crippen molar-refractivity contribution >= 4 is 27.7 Å². The molecule has 2 aromatic rings. The molecule has 1 aromatic carbocycles. The second-order valence-electron chi connectivity index (χ2n) is 8.64. The largest absolute Gasteiger partial charge is 0.480 e. The van der Waals surface area contributed by atoms with E-state index in [1.165, 1.54) is 10.5 Å². The number of carbonyl (C=O) groups excluding carboxylic acids is 1. The van der Waals surface area contributed by atoms with Gasteiger partial charge < -0.3 is 15.3 Å². The molecule has 182 valence electrons. The SMILES string of the molecule is O=C(O)C(CN1CC(CCCc2ccc3c(n2)NCCC3)C1=O)NS(=O)(=O)c1ccc(F)cc1. The molecule has 34 heavy (non-hydrogen) atoms. The first-order valence-electron chi connectivity index (χ1n) is 11.2. The smallest absolute Gasteiger partial charge is 0.323 e. The number of nitrogens with zero attached hydrogens (tertiary/aromatic N) is 2. The summed E-state index contributed by atoms with van der Waals surface area (Å²) in [7, 11) is -4.18. The molecular weight excluding hydrogens is 463 g/mol. The van der Waals surface area contributed by atoms with Crippen LogP contribution in [0.2, 0.25) is 0 Å². The summed E-state index contributed by atoms with van der Waals surface area (Å²) < 4.78 is 40.1. The highest BCUT2D eigenvalue weighted by Gasteiger charge is 2.39. The van der Waals surface area contributed by atoms with Crippen molar-refractivity contribution < 1.29 is 27.5 Å². The minimum atomic E-state index is -4.18. The van der Waals surface area contributed by atoms with E-state index in [0.717, 1.165) is 68.0 Å². The van der Waals surface area contributed by atoms with E-state index in [-0.39, 0.29) is 23.3 Å². The zero-order valence-electron chi connectivity index (χ0n) is 18.5. The van der Waals surface area contributed by atoms with Gasteiger partial charge in [0.15, 0.2) is 0 Å². The Kier molecular flexibility index (Phi) is 7.13. The fourth-order valence-corrected chi connectivity index (χ4v) is 5.43. The van der Waals surface area contributed by atoms with E-state index in [9.17, 15) is 27.5 Å². The number of sulfonamides is 1. The van der Waals surface area contributed by atoms with Gasteiger partial charge >= 0.3 is 5.97 Å². The van der Waals surface area contributed by atoms with Crippen LogP contribution in [0.15, 0.2) is 41.3 Å². The molecule has 0 saturated carbocycles. The number of carboxylic acids is 1. The molecule has 0 aliphatic carbocycles. The summed E-state index contributed by atoms with van der Waals surface area (Å²) in [5.74, 6) is -1.46. The summed E-state index contributed by atoms with van der Waals surface area (Å²) in [6.45, 7) is 1.02. The van der Waals surface area contributed by atoms with Gasteiger partial charge in [0.1, 0.15) is 17.7 Å². The number of halogens is 1. The number of hydrogen-bond donors (Lipinski definition) is 3. The number of amides is 1. The predicted octanol–water partition coefficient (Wildman–Crippen LogP) is 1.79. The molecule has 0 radical (unpaired) electrons. The highest BCUT2D eigenvalue weighted by Crippen LogP contribution is 2.25. The van der Waals surface area contributed by atoms with Crippen LogP contribution in [0.5, 0.6) is 0 Å². The Balaban J connectivity index is 1.26. The van der Waals surface area contributed by atoms with Gasteiger partial charge in [-0.25, -0.2) is 17.8 Å². The Morgan fingerprint density at radius 3 is 2.74 bits per heavy atom. The van der Waals surface area contributed by atoms with E-state index in [1.807, 2.05) is 6.07 Å². The lowest BCUT2D eigenvalue weighted by atomic mass is 9.91. The van der Waals surface area contributed by atoms with Crippen molar-refractivity contribution in [3.05, 3.63) is 53.5 Å². The number of aromatic nitrogens is 1. The summed E-state index contributed by atoms with van der Waals surface area (Å²) in [6.07, 6.45) is 4.30. The number of aryl methyl sites for hydroxylation is 2. The summed E-state index contributed by atoms with van der Waals surface area (Å²) in [4.78, 5) is 29.9.